The van der Waals surface area contributed by atoms with Crippen LogP contribution in [-0.4, -0.2) is 23.4 Å². The van der Waals surface area contributed by atoms with Crippen molar-refractivity contribution in [2.24, 2.45) is 0 Å². The van der Waals surface area contributed by atoms with Gasteiger partial charge in [-0.3, -0.25) is 5.32 Å². The minimum Gasteiger partial charge on any atom is -0.507 e. The molecule has 0 fully saturated rings. The summed E-state index contributed by atoms with van der Waals surface area (Å²) in [6.45, 7) is 5.89. The molecule has 4 nitrogen and oxygen atoms in total. The Bertz CT molecular complexity index is 1040. The number of phenols is 1. The van der Waals surface area contributed by atoms with Gasteiger partial charge in [-0.25, -0.2) is 0 Å². The predicted molar refractivity (Wildman–Crippen MR) is 108 cm³/mol. The highest BCUT2D eigenvalue weighted by Crippen LogP contribution is 2.41. The molecule has 140 valence electrons. The lowest BCUT2D eigenvalue weighted by molar-refractivity contribution is 0.00158. The van der Waals surface area contributed by atoms with Crippen LogP contribution in [0.15, 0.2) is 42.5 Å². The first-order valence-corrected chi connectivity index (χ1v) is 9.24. The van der Waals surface area contributed by atoms with Gasteiger partial charge in [0.15, 0.2) is 0 Å². The summed E-state index contributed by atoms with van der Waals surface area (Å²) in [7, 11) is 1.61. The number of phenolic OH excluding ortho intramolecular Hbond substituents is 1. The van der Waals surface area contributed by atoms with E-state index in [1.807, 2.05) is 19.1 Å². The Morgan fingerprint density at radius 1 is 1.15 bits per heavy atom. The number of aryl methyl sites for hydroxylation is 1. The topological polar surface area (TPSA) is 61.7 Å². The largest absolute Gasteiger partial charge is 0.507 e. The lowest BCUT2D eigenvalue weighted by atomic mass is 9.86. The molecule has 0 aliphatic carbocycles. The van der Waals surface area contributed by atoms with Gasteiger partial charge in [0.1, 0.15) is 17.2 Å². The van der Waals surface area contributed by atoms with Gasteiger partial charge < -0.3 is 14.9 Å². The molecular weight excluding hydrogens is 338 g/mol. The first kappa shape index (κ1) is 17.8. The zero-order valence-electron chi connectivity index (χ0n) is 16.1. The van der Waals surface area contributed by atoms with Gasteiger partial charge in [-0.15, -0.1) is 0 Å². The molecule has 0 saturated heterocycles. The fourth-order valence-electron chi connectivity index (χ4n) is 4.29. The lowest BCUT2D eigenvalue weighted by Crippen LogP contribution is -2.49. The first-order chi connectivity index (χ1) is 12.8. The highest BCUT2D eigenvalue weighted by atomic mass is 16.5. The SMILES string of the molecule is COc1cc(C)cc2c(-c3ccc4c(c3)C(C)(O)NC(C)C4)ccc(O)c12. The molecule has 1 aliphatic heterocycles. The zero-order chi connectivity index (χ0) is 19.3. The Kier molecular flexibility index (Phi) is 4.13. The van der Waals surface area contributed by atoms with E-state index in [0.29, 0.717) is 11.1 Å². The monoisotopic (exact) mass is 363 g/mol. The molecule has 0 saturated carbocycles. The van der Waals surface area contributed by atoms with Crippen molar-refractivity contribution in [3.8, 4) is 22.6 Å². The fourth-order valence-corrected chi connectivity index (χ4v) is 4.29. The van der Waals surface area contributed by atoms with E-state index < -0.39 is 5.72 Å². The number of nitrogens with one attached hydrogen (secondary N) is 1. The third-order valence-electron chi connectivity index (χ3n) is 5.42. The van der Waals surface area contributed by atoms with Crippen LogP contribution in [0.2, 0.25) is 0 Å². The van der Waals surface area contributed by atoms with E-state index >= 15 is 0 Å². The van der Waals surface area contributed by atoms with Crippen molar-refractivity contribution >= 4 is 10.8 Å². The normalized spacial score (nSPS) is 21.9. The van der Waals surface area contributed by atoms with Crippen molar-refractivity contribution in [3.63, 3.8) is 0 Å². The molecule has 2 unspecified atom stereocenters. The summed E-state index contributed by atoms with van der Waals surface area (Å²) < 4.78 is 5.51. The molecule has 2 atom stereocenters. The van der Waals surface area contributed by atoms with Gasteiger partial charge >= 0.3 is 0 Å². The summed E-state index contributed by atoms with van der Waals surface area (Å²) >= 11 is 0. The first-order valence-electron chi connectivity index (χ1n) is 9.24. The number of rotatable bonds is 2. The summed E-state index contributed by atoms with van der Waals surface area (Å²) in [6, 6.07) is 14.1. The van der Waals surface area contributed by atoms with E-state index in [9.17, 15) is 10.2 Å². The second-order valence-electron chi connectivity index (χ2n) is 7.72. The number of ether oxygens (including phenoxy) is 1. The van der Waals surface area contributed by atoms with Crippen LogP contribution in [-0.2, 0) is 12.1 Å². The predicted octanol–water partition coefficient (Wildman–Crippen LogP) is 4.23. The van der Waals surface area contributed by atoms with Gasteiger partial charge in [0.25, 0.3) is 0 Å². The van der Waals surface area contributed by atoms with Gasteiger partial charge in [0.2, 0.25) is 0 Å². The van der Waals surface area contributed by atoms with Crippen molar-refractivity contribution in [2.45, 2.75) is 39.0 Å². The molecule has 0 radical (unpaired) electrons. The lowest BCUT2D eigenvalue weighted by Gasteiger charge is -2.36. The van der Waals surface area contributed by atoms with E-state index in [-0.39, 0.29) is 11.8 Å². The smallest absolute Gasteiger partial charge is 0.139 e. The van der Waals surface area contributed by atoms with E-state index in [1.165, 1.54) is 0 Å². The van der Waals surface area contributed by atoms with Crippen molar-refractivity contribution in [3.05, 3.63) is 59.2 Å². The second kappa shape index (κ2) is 6.25. The van der Waals surface area contributed by atoms with Gasteiger partial charge in [0, 0.05) is 11.6 Å². The molecule has 0 amide bonds. The Balaban J connectivity index is 1.97. The van der Waals surface area contributed by atoms with Crippen LogP contribution in [0.4, 0.5) is 0 Å². The number of fused-ring (bicyclic) bond motifs is 2. The molecule has 1 heterocycles. The van der Waals surface area contributed by atoms with Crippen molar-refractivity contribution < 1.29 is 14.9 Å². The molecule has 3 aromatic carbocycles. The van der Waals surface area contributed by atoms with Crippen LogP contribution in [0.1, 0.15) is 30.5 Å². The number of methoxy groups -OCH3 is 1. The van der Waals surface area contributed by atoms with E-state index in [2.05, 4.69) is 36.5 Å². The number of hydrogen-bond donors (Lipinski definition) is 3. The molecule has 0 bridgehead atoms. The number of hydrogen-bond acceptors (Lipinski definition) is 4. The molecule has 4 rings (SSSR count). The average Bonchev–Trinajstić information content (AvgIpc) is 2.60. The van der Waals surface area contributed by atoms with Crippen LogP contribution in [0.3, 0.4) is 0 Å². The highest BCUT2D eigenvalue weighted by Gasteiger charge is 2.32. The minimum atomic E-state index is -1.07. The fraction of sp³-hybridized carbons (Fsp3) is 0.304. The molecule has 27 heavy (non-hydrogen) atoms. The van der Waals surface area contributed by atoms with Crippen molar-refractivity contribution in [1.82, 2.24) is 5.32 Å². The Labute approximate surface area is 159 Å². The van der Waals surface area contributed by atoms with Gasteiger partial charge in [-0.2, -0.15) is 0 Å². The maximum absolute atomic E-state index is 10.9. The van der Waals surface area contributed by atoms with E-state index in [4.69, 9.17) is 4.74 Å². The number of aliphatic hydroxyl groups is 1. The number of benzene rings is 3. The molecule has 0 spiro atoms. The second-order valence-corrected chi connectivity index (χ2v) is 7.72. The standard InChI is InChI=1S/C23H25NO3/c1-13-9-18-17(7-8-20(25)22(18)21(10-13)27-4)15-5-6-16-11-14(2)24-23(3,26)19(16)12-15/h5-10,12,14,24-26H,11H2,1-4H3. The van der Waals surface area contributed by atoms with Crippen molar-refractivity contribution in [1.29, 1.82) is 0 Å². The maximum Gasteiger partial charge on any atom is 0.139 e. The van der Waals surface area contributed by atoms with Crippen LogP contribution in [0.25, 0.3) is 21.9 Å². The van der Waals surface area contributed by atoms with Gasteiger partial charge in [-0.05, 0) is 73.0 Å². The summed E-state index contributed by atoms with van der Waals surface area (Å²) in [4.78, 5) is 0. The van der Waals surface area contributed by atoms with Crippen molar-refractivity contribution in [2.75, 3.05) is 7.11 Å². The molecule has 0 aromatic heterocycles. The molecule has 3 N–H and O–H groups in total. The van der Waals surface area contributed by atoms with E-state index in [1.54, 1.807) is 20.1 Å². The summed E-state index contributed by atoms with van der Waals surface area (Å²) in [5.74, 6) is 0.857. The molecule has 1 aliphatic rings. The summed E-state index contributed by atoms with van der Waals surface area (Å²) in [5, 5.41) is 26.2. The summed E-state index contributed by atoms with van der Waals surface area (Å²) in [5.41, 5.74) is 4.06. The highest BCUT2D eigenvalue weighted by molar-refractivity contribution is 6.03. The zero-order valence-corrected chi connectivity index (χ0v) is 16.1. The minimum absolute atomic E-state index is 0.200. The Morgan fingerprint density at radius 2 is 1.93 bits per heavy atom. The van der Waals surface area contributed by atoms with Crippen LogP contribution < -0.4 is 10.1 Å². The van der Waals surface area contributed by atoms with Crippen LogP contribution >= 0.6 is 0 Å². The number of aromatic hydroxyl groups is 1. The van der Waals surface area contributed by atoms with Crippen LogP contribution in [0.5, 0.6) is 11.5 Å². The Hall–Kier alpha value is -2.56. The maximum atomic E-state index is 10.9. The summed E-state index contributed by atoms with van der Waals surface area (Å²) in [6.07, 6.45) is 0.884. The third-order valence-corrected chi connectivity index (χ3v) is 5.42. The van der Waals surface area contributed by atoms with Crippen LogP contribution in [0, 0.1) is 6.92 Å². The Morgan fingerprint density at radius 3 is 2.67 bits per heavy atom. The van der Waals surface area contributed by atoms with Gasteiger partial charge in [0.05, 0.1) is 12.5 Å². The third kappa shape index (κ3) is 2.95. The van der Waals surface area contributed by atoms with Gasteiger partial charge in [-0.1, -0.05) is 24.3 Å². The molecular formula is C23H25NO3. The quantitative estimate of drug-likeness (QED) is 0.638. The molecule has 4 heteroatoms. The molecule has 3 aromatic rings. The average molecular weight is 363 g/mol. The van der Waals surface area contributed by atoms with E-state index in [0.717, 1.165) is 39.6 Å².